The van der Waals surface area contributed by atoms with Crippen molar-refractivity contribution in [2.24, 2.45) is 0 Å². The molecule has 0 saturated heterocycles. The standard InChI is InChI=1S/C24H20FN3O2S2/c25-17-11-9-16(10-12-17)18-13-21(30)28(19-7-4-8-20(29)22(18)19)23-26-27-24(32-23)31-14-15-5-2-1-3-6-15/h1-3,5-6,9-12,18H,4,7-8,13-14H2/t18-/m1/s1. The molecule has 2 aliphatic rings. The van der Waals surface area contributed by atoms with E-state index in [0.717, 1.165) is 21.4 Å². The van der Waals surface area contributed by atoms with E-state index in [0.29, 0.717) is 30.0 Å². The maximum atomic E-state index is 13.4. The first-order valence-electron chi connectivity index (χ1n) is 10.4. The van der Waals surface area contributed by atoms with E-state index in [4.69, 9.17) is 0 Å². The number of Topliss-reactive ketones (excluding diaryl/α,β-unsaturated/α-hetero) is 1. The van der Waals surface area contributed by atoms with Gasteiger partial charge in [-0.1, -0.05) is 65.6 Å². The van der Waals surface area contributed by atoms with Crippen LogP contribution in [0.2, 0.25) is 0 Å². The van der Waals surface area contributed by atoms with Crippen LogP contribution in [0.25, 0.3) is 0 Å². The third kappa shape index (κ3) is 4.12. The molecule has 3 aromatic rings. The minimum atomic E-state index is -0.345. The van der Waals surface area contributed by atoms with Crippen LogP contribution in [0, 0.1) is 5.82 Å². The van der Waals surface area contributed by atoms with Crippen LogP contribution in [-0.4, -0.2) is 21.9 Å². The van der Waals surface area contributed by atoms with E-state index in [-0.39, 0.29) is 29.8 Å². The number of halogens is 1. The van der Waals surface area contributed by atoms with E-state index < -0.39 is 0 Å². The molecule has 162 valence electrons. The Hall–Kier alpha value is -2.84. The fraction of sp³-hybridized carbons (Fsp3) is 0.250. The van der Waals surface area contributed by atoms with Crippen molar-refractivity contribution in [3.63, 3.8) is 0 Å². The number of hydrogen-bond donors (Lipinski definition) is 0. The Kier molecular flexibility index (Phi) is 5.89. The summed E-state index contributed by atoms with van der Waals surface area (Å²) in [7, 11) is 0. The minimum absolute atomic E-state index is 0.0567. The maximum Gasteiger partial charge on any atom is 0.234 e. The Bertz CT molecular complexity index is 1190. The van der Waals surface area contributed by atoms with Gasteiger partial charge in [-0.05, 0) is 36.1 Å². The van der Waals surface area contributed by atoms with Crippen LogP contribution in [-0.2, 0) is 15.3 Å². The van der Waals surface area contributed by atoms with Gasteiger partial charge in [0.1, 0.15) is 5.82 Å². The SMILES string of the molecule is O=C1CCCC2=C1[C@@H](c1ccc(F)cc1)CC(=O)N2c1nnc(SCc2ccccc2)s1. The van der Waals surface area contributed by atoms with E-state index in [1.807, 2.05) is 18.2 Å². The molecule has 0 radical (unpaired) electrons. The van der Waals surface area contributed by atoms with Crippen molar-refractivity contribution in [1.82, 2.24) is 10.2 Å². The normalized spacial score (nSPS) is 18.8. The number of nitrogens with zero attached hydrogens (tertiary/aromatic N) is 3. The second-order valence-electron chi connectivity index (χ2n) is 7.80. The fourth-order valence-electron chi connectivity index (χ4n) is 4.27. The summed E-state index contributed by atoms with van der Waals surface area (Å²) in [6.07, 6.45) is 1.96. The Morgan fingerprint density at radius 2 is 1.81 bits per heavy atom. The number of allylic oxidation sites excluding steroid dienone is 2. The lowest BCUT2D eigenvalue weighted by molar-refractivity contribution is -0.119. The van der Waals surface area contributed by atoms with Crippen LogP contribution in [0.3, 0.4) is 0 Å². The van der Waals surface area contributed by atoms with Crippen molar-refractivity contribution in [3.8, 4) is 0 Å². The number of anilines is 1. The van der Waals surface area contributed by atoms with Gasteiger partial charge in [0.15, 0.2) is 10.1 Å². The summed E-state index contributed by atoms with van der Waals surface area (Å²) in [5, 5.41) is 9.06. The van der Waals surface area contributed by atoms with Crippen LogP contribution in [0.1, 0.15) is 42.7 Å². The zero-order chi connectivity index (χ0) is 22.1. The lowest BCUT2D eigenvalue weighted by Crippen LogP contribution is -2.40. The van der Waals surface area contributed by atoms with Crippen molar-refractivity contribution in [3.05, 3.63) is 82.8 Å². The summed E-state index contributed by atoms with van der Waals surface area (Å²) in [6.45, 7) is 0. The first kappa shape index (κ1) is 21.0. The van der Waals surface area contributed by atoms with Crippen molar-refractivity contribution in [2.45, 2.75) is 41.7 Å². The molecular formula is C24H20FN3O2S2. The molecule has 5 nitrogen and oxygen atoms in total. The first-order valence-corrected chi connectivity index (χ1v) is 12.3. The number of ketones is 1. The summed E-state index contributed by atoms with van der Waals surface area (Å²) in [6, 6.07) is 16.2. The average molecular weight is 466 g/mol. The quantitative estimate of drug-likeness (QED) is 0.368. The van der Waals surface area contributed by atoms with Crippen molar-refractivity contribution in [2.75, 3.05) is 4.90 Å². The highest BCUT2D eigenvalue weighted by atomic mass is 32.2. The Balaban J connectivity index is 1.45. The average Bonchev–Trinajstić information content (AvgIpc) is 3.27. The molecule has 5 rings (SSSR count). The Morgan fingerprint density at radius 1 is 1.03 bits per heavy atom. The molecule has 0 saturated carbocycles. The van der Waals surface area contributed by atoms with Crippen molar-refractivity contribution < 1.29 is 14.0 Å². The summed E-state index contributed by atoms with van der Waals surface area (Å²) in [4.78, 5) is 27.7. The lowest BCUT2D eigenvalue weighted by Gasteiger charge is -2.36. The van der Waals surface area contributed by atoms with Gasteiger partial charge in [-0.3, -0.25) is 14.5 Å². The van der Waals surface area contributed by atoms with E-state index in [9.17, 15) is 14.0 Å². The third-order valence-electron chi connectivity index (χ3n) is 5.74. The lowest BCUT2D eigenvalue weighted by atomic mass is 9.77. The van der Waals surface area contributed by atoms with Gasteiger partial charge in [0.05, 0.1) is 0 Å². The Morgan fingerprint density at radius 3 is 2.59 bits per heavy atom. The van der Waals surface area contributed by atoms with Crippen LogP contribution in [0.5, 0.6) is 0 Å². The molecule has 1 aromatic heterocycles. The summed E-state index contributed by atoms with van der Waals surface area (Å²) >= 11 is 2.95. The van der Waals surface area contributed by atoms with Gasteiger partial charge in [0.2, 0.25) is 11.0 Å². The molecule has 0 bridgehead atoms. The summed E-state index contributed by atoms with van der Waals surface area (Å²) < 4.78 is 14.2. The van der Waals surface area contributed by atoms with Gasteiger partial charge in [-0.2, -0.15) is 0 Å². The van der Waals surface area contributed by atoms with E-state index in [1.165, 1.54) is 29.0 Å². The molecule has 1 aliphatic carbocycles. The number of hydrogen-bond acceptors (Lipinski definition) is 6. The molecule has 2 heterocycles. The molecule has 1 atom stereocenters. The van der Waals surface area contributed by atoms with Gasteiger partial charge < -0.3 is 0 Å². The summed E-state index contributed by atoms with van der Waals surface area (Å²) in [5.74, 6) is 0.0329. The first-order chi connectivity index (χ1) is 15.6. The van der Waals surface area contributed by atoms with E-state index in [1.54, 1.807) is 28.8 Å². The number of amides is 1. The number of benzene rings is 2. The van der Waals surface area contributed by atoms with Crippen LogP contribution >= 0.6 is 23.1 Å². The number of thioether (sulfide) groups is 1. The number of carbonyl (C=O) groups excluding carboxylic acids is 2. The molecule has 0 N–H and O–H groups in total. The van der Waals surface area contributed by atoms with Gasteiger partial charge >= 0.3 is 0 Å². The topological polar surface area (TPSA) is 63.2 Å². The monoisotopic (exact) mass is 465 g/mol. The second-order valence-corrected chi connectivity index (χ2v) is 9.98. The highest BCUT2D eigenvalue weighted by Gasteiger charge is 2.40. The van der Waals surface area contributed by atoms with Gasteiger partial charge in [-0.15, -0.1) is 10.2 Å². The van der Waals surface area contributed by atoms with Crippen LogP contribution in [0.4, 0.5) is 9.52 Å². The summed E-state index contributed by atoms with van der Waals surface area (Å²) in [5.41, 5.74) is 3.37. The predicted octanol–water partition coefficient (Wildman–Crippen LogP) is 5.50. The number of carbonyl (C=O) groups is 2. The molecule has 0 unspecified atom stereocenters. The third-order valence-corrected chi connectivity index (χ3v) is 7.85. The number of aromatic nitrogens is 2. The maximum absolute atomic E-state index is 13.4. The minimum Gasteiger partial charge on any atom is -0.294 e. The Labute approximate surface area is 193 Å². The molecule has 8 heteroatoms. The molecule has 0 fully saturated rings. The highest BCUT2D eigenvalue weighted by molar-refractivity contribution is 8.00. The van der Waals surface area contributed by atoms with Gasteiger partial charge in [0, 0.05) is 35.8 Å². The van der Waals surface area contributed by atoms with Gasteiger partial charge in [-0.25, -0.2) is 4.39 Å². The zero-order valence-corrected chi connectivity index (χ0v) is 18.8. The molecule has 32 heavy (non-hydrogen) atoms. The van der Waals surface area contributed by atoms with Crippen LogP contribution in [0.15, 0.2) is 70.2 Å². The fourth-order valence-corrected chi connectivity index (χ4v) is 6.11. The van der Waals surface area contributed by atoms with Crippen molar-refractivity contribution >= 4 is 39.9 Å². The molecular weight excluding hydrogens is 445 g/mol. The predicted molar refractivity (Wildman–Crippen MR) is 123 cm³/mol. The highest BCUT2D eigenvalue weighted by Crippen LogP contribution is 2.44. The molecule has 0 spiro atoms. The number of rotatable bonds is 5. The smallest absolute Gasteiger partial charge is 0.234 e. The zero-order valence-electron chi connectivity index (χ0n) is 17.2. The van der Waals surface area contributed by atoms with E-state index >= 15 is 0 Å². The van der Waals surface area contributed by atoms with Crippen molar-refractivity contribution in [1.29, 1.82) is 0 Å². The molecule has 1 aliphatic heterocycles. The molecule has 1 amide bonds. The molecule has 2 aromatic carbocycles. The van der Waals surface area contributed by atoms with E-state index in [2.05, 4.69) is 22.3 Å². The van der Waals surface area contributed by atoms with Gasteiger partial charge in [0.25, 0.3) is 0 Å². The second kappa shape index (κ2) is 8.96. The van der Waals surface area contributed by atoms with Crippen LogP contribution < -0.4 is 4.90 Å². The largest absolute Gasteiger partial charge is 0.294 e.